The fourth-order valence-electron chi connectivity index (χ4n) is 5.50. The van der Waals surface area contributed by atoms with Crippen molar-refractivity contribution in [3.63, 3.8) is 0 Å². The van der Waals surface area contributed by atoms with Crippen LogP contribution in [0, 0.1) is 0 Å². The number of carbonyl (C=O) groups excluding carboxylic acids is 2. The van der Waals surface area contributed by atoms with E-state index in [9.17, 15) is 33.3 Å². The van der Waals surface area contributed by atoms with Gasteiger partial charge in [-0.15, -0.1) is 0 Å². The number of phenolic OH excluding ortho intramolecular Hbond substituents is 3. The van der Waals surface area contributed by atoms with E-state index in [0.717, 1.165) is 22.3 Å². The molecule has 258 valence electrons. The maximum atomic E-state index is 13.4. The van der Waals surface area contributed by atoms with Crippen LogP contribution in [-0.4, -0.2) is 41.7 Å². The monoisotopic (exact) mass is 694 g/mol. The highest BCUT2D eigenvalue weighted by molar-refractivity contribution is 7.89. The number of esters is 1. The summed E-state index contributed by atoms with van der Waals surface area (Å²) in [5.74, 6) is -3.51. The molecule has 5 N–H and O–H groups in total. The first kappa shape index (κ1) is 35.7. The Labute approximate surface area is 291 Å². The third kappa shape index (κ3) is 8.68. The van der Waals surface area contributed by atoms with Gasteiger partial charge in [-0.25, -0.2) is 8.42 Å². The van der Waals surface area contributed by atoms with Crippen LogP contribution >= 0.6 is 0 Å². The molecule has 0 saturated heterocycles. The summed E-state index contributed by atoms with van der Waals surface area (Å²) < 4.78 is 34.8. The molecule has 0 aliphatic carbocycles. The summed E-state index contributed by atoms with van der Waals surface area (Å²) in [4.78, 5) is 26.2. The van der Waals surface area contributed by atoms with Crippen molar-refractivity contribution in [2.45, 2.75) is 50.2 Å². The van der Waals surface area contributed by atoms with Crippen LogP contribution in [-0.2, 0) is 39.0 Å². The first-order chi connectivity index (χ1) is 23.9. The second-order valence-corrected chi connectivity index (χ2v) is 13.8. The van der Waals surface area contributed by atoms with Gasteiger partial charge in [0.15, 0.2) is 11.5 Å². The topological polar surface area (TPSA) is 162 Å². The molecule has 5 aromatic carbocycles. The molecule has 11 heteroatoms. The Morgan fingerprint density at radius 1 is 0.720 bits per heavy atom. The standard InChI is InChI=1S/C39H38N2O8S/c1-25(2)32-16-10-9-15-28(32)22-29-23-33(36(43)37(44)35(29)42)38(45)40-30-17-19-31(20-18-30)50(47,48)41-34(21-26-11-5-3-6-12-26)39(46)49-24-27-13-7-4-8-14-27/h3-20,23,25,34,41-44H,21-22,24H2,1-2H3,(H,40,45). The van der Waals surface area contributed by atoms with Gasteiger partial charge in [-0.1, -0.05) is 98.8 Å². The lowest BCUT2D eigenvalue weighted by Crippen LogP contribution is -2.43. The Balaban J connectivity index is 1.32. The number of amides is 1. The number of sulfonamides is 1. The Morgan fingerprint density at radius 3 is 1.96 bits per heavy atom. The molecular formula is C39H38N2O8S. The molecule has 1 unspecified atom stereocenters. The fourth-order valence-corrected chi connectivity index (χ4v) is 6.68. The average molecular weight is 695 g/mol. The maximum absolute atomic E-state index is 13.4. The molecule has 10 nitrogen and oxygen atoms in total. The molecule has 0 bridgehead atoms. The molecular weight excluding hydrogens is 657 g/mol. The van der Waals surface area contributed by atoms with Crippen molar-refractivity contribution in [3.05, 3.63) is 149 Å². The van der Waals surface area contributed by atoms with Crippen molar-refractivity contribution < 1.29 is 38.1 Å². The zero-order valence-electron chi connectivity index (χ0n) is 27.5. The molecule has 0 fully saturated rings. The van der Waals surface area contributed by atoms with Gasteiger partial charge in [-0.3, -0.25) is 9.59 Å². The number of carbonyl (C=O) groups is 2. The van der Waals surface area contributed by atoms with E-state index < -0.39 is 45.2 Å². The molecule has 5 rings (SSSR count). The van der Waals surface area contributed by atoms with Crippen LogP contribution in [0.3, 0.4) is 0 Å². The molecule has 5 aromatic rings. The SMILES string of the molecule is CC(C)c1ccccc1Cc1cc(C(=O)Nc2ccc(S(=O)(=O)NC(Cc3ccccc3)C(=O)OCc3ccccc3)cc2)c(O)c(O)c1O. The minimum atomic E-state index is -4.23. The number of phenols is 3. The predicted molar refractivity (Wildman–Crippen MR) is 190 cm³/mol. The Bertz CT molecular complexity index is 2070. The maximum Gasteiger partial charge on any atom is 0.324 e. The molecule has 50 heavy (non-hydrogen) atoms. The van der Waals surface area contributed by atoms with Gasteiger partial charge in [-0.2, -0.15) is 4.72 Å². The Hall–Kier alpha value is -5.65. The molecule has 0 heterocycles. The number of rotatable bonds is 13. The van der Waals surface area contributed by atoms with Gasteiger partial charge < -0.3 is 25.4 Å². The molecule has 0 aromatic heterocycles. The lowest BCUT2D eigenvalue weighted by atomic mass is 9.92. The first-order valence-corrected chi connectivity index (χ1v) is 17.4. The molecule has 1 amide bonds. The Kier molecular flexibility index (Phi) is 11.2. The molecule has 0 saturated carbocycles. The van der Waals surface area contributed by atoms with Gasteiger partial charge >= 0.3 is 5.97 Å². The normalized spacial score (nSPS) is 12.0. The van der Waals surface area contributed by atoms with E-state index in [4.69, 9.17) is 4.74 Å². The molecule has 1 atom stereocenters. The number of anilines is 1. The number of hydrogen-bond acceptors (Lipinski definition) is 8. The molecule has 0 spiro atoms. The van der Waals surface area contributed by atoms with E-state index in [1.807, 2.05) is 62.4 Å². The van der Waals surface area contributed by atoms with E-state index in [0.29, 0.717) is 0 Å². The third-order valence-electron chi connectivity index (χ3n) is 8.14. The minimum Gasteiger partial charge on any atom is -0.504 e. The highest BCUT2D eigenvalue weighted by Crippen LogP contribution is 2.42. The second kappa shape index (κ2) is 15.7. The van der Waals surface area contributed by atoms with Gasteiger partial charge in [0.1, 0.15) is 12.6 Å². The minimum absolute atomic E-state index is 0.0256. The van der Waals surface area contributed by atoms with Crippen molar-refractivity contribution >= 4 is 27.6 Å². The van der Waals surface area contributed by atoms with Gasteiger partial charge in [0, 0.05) is 17.7 Å². The largest absolute Gasteiger partial charge is 0.504 e. The van der Waals surface area contributed by atoms with E-state index in [2.05, 4.69) is 10.0 Å². The van der Waals surface area contributed by atoms with Gasteiger partial charge in [0.05, 0.1) is 10.5 Å². The summed E-state index contributed by atoms with van der Waals surface area (Å²) >= 11 is 0. The zero-order chi connectivity index (χ0) is 35.8. The van der Waals surface area contributed by atoms with E-state index >= 15 is 0 Å². The number of ether oxygens (including phenoxy) is 1. The summed E-state index contributed by atoms with van der Waals surface area (Å²) in [5, 5.41) is 34.2. The fraction of sp³-hybridized carbons (Fsp3) is 0.179. The molecule has 0 aliphatic heterocycles. The van der Waals surface area contributed by atoms with Crippen LogP contribution < -0.4 is 10.0 Å². The highest BCUT2D eigenvalue weighted by Gasteiger charge is 2.28. The van der Waals surface area contributed by atoms with Gasteiger partial charge in [0.2, 0.25) is 15.8 Å². The highest BCUT2D eigenvalue weighted by atomic mass is 32.2. The van der Waals surface area contributed by atoms with E-state index in [-0.39, 0.29) is 47.1 Å². The summed E-state index contributed by atoms with van der Waals surface area (Å²) in [7, 11) is -4.23. The lowest BCUT2D eigenvalue weighted by Gasteiger charge is -2.18. The van der Waals surface area contributed by atoms with Gasteiger partial charge in [0.25, 0.3) is 5.91 Å². The van der Waals surface area contributed by atoms with Crippen molar-refractivity contribution in [2.24, 2.45) is 0 Å². The third-order valence-corrected chi connectivity index (χ3v) is 9.63. The second-order valence-electron chi connectivity index (χ2n) is 12.1. The van der Waals surface area contributed by atoms with Crippen LogP contribution in [0.15, 0.2) is 120 Å². The smallest absolute Gasteiger partial charge is 0.324 e. The lowest BCUT2D eigenvalue weighted by molar-refractivity contribution is -0.147. The Morgan fingerprint density at radius 2 is 1.32 bits per heavy atom. The zero-order valence-corrected chi connectivity index (χ0v) is 28.4. The summed E-state index contributed by atoms with van der Waals surface area (Å²) in [6.07, 6.45) is 0.245. The summed E-state index contributed by atoms with van der Waals surface area (Å²) in [6, 6.07) is 30.9. The van der Waals surface area contributed by atoms with Crippen LogP contribution in [0.4, 0.5) is 5.69 Å². The van der Waals surface area contributed by atoms with Crippen molar-refractivity contribution in [3.8, 4) is 17.2 Å². The van der Waals surface area contributed by atoms with Crippen molar-refractivity contribution in [1.82, 2.24) is 4.72 Å². The van der Waals surface area contributed by atoms with Crippen molar-refractivity contribution in [2.75, 3.05) is 5.32 Å². The summed E-state index contributed by atoms with van der Waals surface area (Å²) in [6.45, 7) is 4.04. The number of benzene rings is 5. The number of nitrogens with one attached hydrogen (secondary N) is 2. The average Bonchev–Trinajstić information content (AvgIpc) is 3.11. The van der Waals surface area contributed by atoms with Crippen LogP contribution in [0.1, 0.15) is 57.9 Å². The van der Waals surface area contributed by atoms with Crippen LogP contribution in [0.25, 0.3) is 0 Å². The number of aromatic hydroxyl groups is 3. The summed E-state index contributed by atoms with van der Waals surface area (Å²) in [5.41, 5.74) is 3.54. The van der Waals surface area contributed by atoms with Gasteiger partial charge in [-0.05, 0) is 64.9 Å². The molecule has 0 aliphatic rings. The molecule has 0 radical (unpaired) electrons. The van der Waals surface area contributed by atoms with Crippen LogP contribution in [0.5, 0.6) is 17.2 Å². The van der Waals surface area contributed by atoms with E-state index in [1.54, 1.807) is 36.4 Å². The van der Waals surface area contributed by atoms with E-state index in [1.165, 1.54) is 30.3 Å². The first-order valence-electron chi connectivity index (χ1n) is 16.0. The quantitative estimate of drug-likeness (QED) is 0.0699. The van der Waals surface area contributed by atoms with Crippen molar-refractivity contribution in [1.29, 1.82) is 0 Å². The predicted octanol–water partition coefficient (Wildman–Crippen LogP) is 6.40. The van der Waals surface area contributed by atoms with Crippen LogP contribution in [0.2, 0.25) is 0 Å². The number of hydrogen-bond donors (Lipinski definition) is 5.